The van der Waals surface area contributed by atoms with Gasteiger partial charge in [0.05, 0.1) is 26.8 Å². The Balaban J connectivity index is 0.00000529. The number of rotatable bonds is 8. The van der Waals surface area contributed by atoms with Crippen LogP contribution in [-0.4, -0.2) is 50.6 Å². The monoisotopic (exact) mass is 359 g/mol. The molecule has 0 aliphatic rings. The lowest BCUT2D eigenvalue weighted by Crippen LogP contribution is -2.44. The molecular weight excluding hydrogens is 334 g/mol. The van der Waals surface area contributed by atoms with Gasteiger partial charge in [0.2, 0.25) is 11.8 Å². The van der Waals surface area contributed by atoms with E-state index in [4.69, 9.17) is 15.2 Å². The van der Waals surface area contributed by atoms with Gasteiger partial charge in [-0.3, -0.25) is 9.59 Å². The molecule has 8 heteroatoms. The molecule has 0 aromatic heterocycles. The summed E-state index contributed by atoms with van der Waals surface area (Å²) in [5, 5.41) is 2.71. The van der Waals surface area contributed by atoms with Crippen LogP contribution in [-0.2, 0) is 9.59 Å². The van der Waals surface area contributed by atoms with Crippen LogP contribution in [0, 0.1) is 0 Å². The molecule has 0 aliphatic carbocycles. The summed E-state index contributed by atoms with van der Waals surface area (Å²) in [5.41, 5.74) is 6.31. The minimum Gasteiger partial charge on any atom is -0.497 e. The van der Waals surface area contributed by atoms with E-state index >= 15 is 0 Å². The minimum absolute atomic E-state index is 0. The van der Waals surface area contributed by atoms with Crippen LogP contribution in [0.25, 0.3) is 0 Å². The molecule has 0 saturated heterocycles. The molecule has 0 aliphatic heterocycles. The number of ether oxygens (including phenoxy) is 2. The first-order valence-electron chi connectivity index (χ1n) is 7.44. The Labute approximate surface area is 148 Å². The lowest BCUT2D eigenvalue weighted by molar-refractivity contribution is -0.134. The molecule has 0 saturated carbocycles. The van der Waals surface area contributed by atoms with Crippen LogP contribution in [0.3, 0.4) is 0 Å². The van der Waals surface area contributed by atoms with Crippen molar-refractivity contribution in [2.75, 3.05) is 33.1 Å². The average molecular weight is 360 g/mol. The first-order valence-corrected chi connectivity index (χ1v) is 7.44. The van der Waals surface area contributed by atoms with Gasteiger partial charge in [0.15, 0.2) is 0 Å². The van der Waals surface area contributed by atoms with Gasteiger partial charge in [0.25, 0.3) is 0 Å². The standard InChI is InChI=1S/C16H25N3O4.ClH/c1-5-6-14(17)16(21)19(2)10-15(20)18-11-7-12(22-3)9-13(8-11)23-4;/h7-9,14H,5-6,10,17H2,1-4H3,(H,18,20);1H. The molecule has 24 heavy (non-hydrogen) atoms. The van der Waals surface area contributed by atoms with Crippen molar-refractivity contribution in [3.8, 4) is 11.5 Å². The molecule has 1 rings (SSSR count). The summed E-state index contributed by atoms with van der Waals surface area (Å²) in [6, 6.07) is 4.47. The maximum Gasteiger partial charge on any atom is 0.243 e. The van der Waals surface area contributed by atoms with Crippen LogP contribution in [0.1, 0.15) is 19.8 Å². The number of hydrogen-bond acceptors (Lipinski definition) is 5. The van der Waals surface area contributed by atoms with Crippen LogP contribution in [0.5, 0.6) is 11.5 Å². The van der Waals surface area contributed by atoms with Crippen molar-refractivity contribution < 1.29 is 19.1 Å². The molecule has 1 aromatic carbocycles. The number of halogens is 1. The molecule has 2 amide bonds. The molecule has 7 nitrogen and oxygen atoms in total. The number of carbonyl (C=O) groups is 2. The Hall–Kier alpha value is -1.99. The fraction of sp³-hybridized carbons (Fsp3) is 0.500. The number of methoxy groups -OCH3 is 2. The van der Waals surface area contributed by atoms with Gasteiger partial charge in [-0.25, -0.2) is 0 Å². The highest BCUT2D eigenvalue weighted by atomic mass is 35.5. The maximum absolute atomic E-state index is 12.1. The maximum atomic E-state index is 12.1. The number of amides is 2. The van der Waals surface area contributed by atoms with E-state index in [-0.39, 0.29) is 30.8 Å². The summed E-state index contributed by atoms with van der Waals surface area (Å²) in [7, 11) is 4.62. The summed E-state index contributed by atoms with van der Waals surface area (Å²) in [6.45, 7) is 1.88. The van der Waals surface area contributed by atoms with Crippen LogP contribution in [0.4, 0.5) is 5.69 Å². The number of carbonyl (C=O) groups excluding carboxylic acids is 2. The predicted molar refractivity (Wildman–Crippen MR) is 95.9 cm³/mol. The van der Waals surface area contributed by atoms with E-state index in [0.717, 1.165) is 6.42 Å². The van der Waals surface area contributed by atoms with Crippen molar-refractivity contribution in [3.05, 3.63) is 18.2 Å². The highest BCUT2D eigenvalue weighted by molar-refractivity contribution is 5.95. The van der Waals surface area contributed by atoms with E-state index in [1.165, 1.54) is 19.1 Å². The van der Waals surface area contributed by atoms with E-state index in [2.05, 4.69) is 5.32 Å². The quantitative estimate of drug-likeness (QED) is 0.736. The van der Waals surface area contributed by atoms with E-state index in [9.17, 15) is 9.59 Å². The van der Waals surface area contributed by atoms with Crippen LogP contribution in [0.2, 0.25) is 0 Å². The Morgan fingerprint density at radius 2 is 1.75 bits per heavy atom. The highest BCUT2D eigenvalue weighted by Crippen LogP contribution is 2.25. The number of nitrogens with one attached hydrogen (secondary N) is 1. The van der Waals surface area contributed by atoms with Crippen LogP contribution >= 0.6 is 12.4 Å². The Morgan fingerprint density at radius 1 is 1.21 bits per heavy atom. The molecule has 1 unspecified atom stereocenters. The SMILES string of the molecule is CCCC(N)C(=O)N(C)CC(=O)Nc1cc(OC)cc(OC)c1.Cl. The number of hydrogen-bond donors (Lipinski definition) is 2. The summed E-state index contributed by atoms with van der Waals surface area (Å²) >= 11 is 0. The van der Waals surface area contributed by atoms with Gasteiger partial charge in [-0.15, -0.1) is 12.4 Å². The Morgan fingerprint density at radius 3 is 2.21 bits per heavy atom. The normalized spacial score (nSPS) is 11.0. The summed E-state index contributed by atoms with van der Waals surface area (Å²) in [6.07, 6.45) is 1.41. The third-order valence-corrected chi connectivity index (χ3v) is 3.31. The van der Waals surface area contributed by atoms with E-state index in [0.29, 0.717) is 23.6 Å². The number of anilines is 1. The molecule has 0 heterocycles. The molecule has 0 bridgehead atoms. The van der Waals surface area contributed by atoms with Crippen LogP contribution in [0.15, 0.2) is 18.2 Å². The van der Waals surface area contributed by atoms with Crippen molar-refractivity contribution in [3.63, 3.8) is 0 Å². The zero-order valence-corrected chi connectivity index (χ0v) is 15.3. The lowest BCUT2D eigenvalue weighted by atomic mass is 10.1. The van der Waals surface area contributed by atoms with E-state index < -0.39 is 6.04 Å². The van der Waals surface area contributed by atoms with E-state index in [1.54, 1.807) is 25.2 Å². The fourth-order valence-electron chi connectivity index (χ4n) is 2.09. The third kappa shape index (κ3) is 6.64. The summed E-state index contributed by atoms with van der Waals surface area (Å²) < 4.78 is 10.3. The minimum atomic E-state index is -0.574. The predicted octanol–water partition coefficient (Wildman–Crippen LogP) is 1.65. The largest absolute Gasteiger partial charge is 0.497 e. The van der Waals surface area contributed by atoms with Crippen molar-refractivity contribution in [2.24, 2.45) is 5.73 Å². The first-order chi connectivity index (χ1) is 10.9. The molecule has 1 atom stereocenters. The summed E-state index contributed by atoms with van der Waals surface area (Å²) in [5.74, 6) is 0.563. The number of nitrogens with zero attached hydrogens (tertiary/aromatic N) is 1. The third-order valence-electron chi connectivity index (χ3n) is 3.31. The molecule has 3 N–H and O–H groups in total. The highest BCUT2D eigenvalue weighted by Gasteiger charge is 2.19. The Kier molecular flexibility index (Phi) is 9.83. The molecule has 0 spiro atoms. The second kappa shape index (κ2) is 10.7. The summed E-state index contributed by atoms with van der Waals surface area (Å²) in [4.78, 5) is 25.4. The topological polar surface area (TPSA) is 93.9 Å². The second-order valence-corrected chi connectivity index (χ2v) is 5.24. The fourth-order valence-corrected chi connectivity index (χ4v) is 2.09. The van der Waals surface area contributed by atoms with Crippen molar-refractivity contribution in [1.29, 1.82) is 0 Å². The number of likely N-dealkylation sites (N-methyl/N-ethyl adjacent to an activating group) is 1. The second-order valence-electron chi connectivity index (χ2n) is 5.24. The molecule has 1 aromatic rings. The Bertz CT molecular complexity index is 532. The van der Waals surface area contributed by atoms with Crippen molar-refractivity contribution >= 4 is 29.9 Å². The van der Waals surface area contributed by atoms with Crippen LogP contribution < -0.4 is 20.5 Å². The van der Waals surface area contributed by atoms with Gasteiger partial charge < -0.3 is 25.4 Å². The molecule has 0 radical (unpaired) electrons. The average Bonchev–Trinajstić information content (AvgIpc) is 2.53. The van der Waals surface area contributed by atoms with E-state index in [1.807, 2.05) is 6.92 Å². The van der Waals surface area contributed by atoms with Gasteiger partial charge in [-0.1, -0.05) is 13.3 Å². The van der Waals surface area contributed by atoms with Gasteiger partial charge >= 0.3 is 0 Å². The van der Waals surface area contributed by atoms with Gasteiger partial charge in [-0.2, -0.15) is 0 Å². The zero-order valence-electron chi connectivity index (χ0n) is 14.5. The molecule has 136 valence electrons. The number of nitrogens with two attached hydrogens (primary N) is 1. The lowest BCUT2D eigenvalue weighted by Gasteiger charge is -2.20. The molecular formula is C16H26ClN3O4. The first kappa shape index (κ1) is 22.0. The number of benzene rings is 1. The van der Waals surface area contributed by atoms with Crippen molar-refractivity contribution in [2.45, 2.75) is 25.8 Å². The van der Waals surface area contributed by atoms with Gasteiger partial charge in [-0.05, 0) is 6.42 Å². The molecule has 0 fully saturated rings. The zero-order chi connectivity index (χ0) is 17.4. The smallest absolute Gasteiger partial charge is 0.243 e. The van der Waals surface area contributed by atoms with Gasteiger partial charge in [0.1, 0.15) is 11.5 Å². The van der Waals surface area contributed by atoms with Gasteiger partial charge in [0, 0.05) is 30.9 Å². The van der Waals surface area contributed by atoms with Crippen molar-refractivity contribution in [1.82, 2.24) is 4.90 Å².